The quantitative estimate of drug-likeness (QED) is 0.451. The molecule has 0 unspecified atom stereocenters. The summed E-state index contributed by atoms with van der Waals surface area (Å²) in [7, 11) is 1.48. The monoisotopic (exact) mass is 227 g/mol. The van der Waals surface area contributed by atoms with Gasteiger partial charge in [-0.2, -0.15) is 0 Å². The molecule has 3 nitrogen and oxygen atoms in total. The average Bonchev–Trinajstić information content (AvgIpc) is 2.14. The van der Waals surface area contributed by atoms with Crippen molar-refractivity contribution in [1.29, 1.82) is 0 Å². The predicted molar refractivity (Wildman–Crippen MR) is 61.1 cm³/mol. The lowest BCUT2D eigenvalue weighted by Crippen LogP contribution is -2.00. The summed E-state index contributed by atoms with van der Waals surface area (Å²) in [6.07, 6.45) is 0. The smallest absolute Gasteiger partial charge is 0.222 e. The molecule has 82 valence electrons. The van der Waals surface area contributed by atoms with Crippen LogP contribution in [0.3, 0.4) is 0 Å². The first-order valence-electron chi connectivity index (χ1n) is 4.58. The number of rotatable bonds is 3. The molecule has 1 aromatic carbocycles. The Balaban J connectivity index is 2.61. The summed E-state index contributed by atoms with van der Waals surface area (Å²) in [5.41, 5.74) is 2.13. The average molecular weight is 228 g/mol. The Hall–Kier alpha value is -1.22. The van der Waals surface area contributed by atoms with E-state index in [4.69, 9.17) is 16.3 Å². The van der Waals surface area contributed by atoms with Crippen molar-refractivity contribution in [3.63, 3.8) is 0 Å². The van der Waals surface area contributed by atoms with E-state index >= 15 is 0 Å². The van der Waals surface area contributed by atoms with Crippen molar-refractivity contribution in [3.8, 4) is 0 Å². The molecule has 0 heterocycles. The third-order valence-corrected chi connectivity index (χ3v) is 1.99. The predicted octanol–water partition coefficient (Wildman–Crippen LogP) is 3.14. The van der Waals surface area contributed by atoms with Crippen molar-refractivity contribution in [2.45, 2.75) is 20.5 Å². The zero-order chi connectivity index (χ0) is 11.3. The SMILES string of the molecule is CO/N=C(/C)OCc1cc(C)cc(Cl)c1. The lowest BCUT2D eigenvalue weighted by molar-refractivity contribution is 0.187. The first-order chi connectivity index (χ1) is 7.11. The van der Waals surface area contributed by atoms with Crippen LogP contribution in [-0.2, 0) is 16.2 Å². The number of ether oxygens (including phenoxy) is 1. The zero-order valence-electron chi connectivity index (χ0n) is 9.08. The van der Waals surface area contributed by atoms with Gasteiger partial charge in [0, 0.05) is 11.9 Å². The summed E-state index contributed by atoms with van der Waals surface area (Å²) in [4.78, 5) is 4.58. The van der Waals surface area contributed by atoms with E-state index in [1.165, 1.54) is 7.11 Å². The Bertz CT molecular complexity index is 343. The molecule has 15 heavy (non-hydrogen) atoms. The van der Waals surface area contributed by atoms with E-state index in [1.807, 2.05) is 25.1 Å². The standard InChI is InChI=1S/C11H14ClNO2/c1-8-4-10(6-11(12)5-8)7-15-9(2)13-14-3/h4-6H,7H2,1-3H3/b13-9-. The first-order valence-corrected chi connectivity index (χ1v) is 4.96. The van der Waals surface area contributed by atoms with Crippen molar-refractivity contribution in [2.24, 2.45) is 5.16 Å². The van der Waals surface area contributed by atoms with Gasteiger partial charge in [0.25, 0.3) is 0 Å². The second kappa shape index (κ2) is 5.61. The van der Waals surface area contributed by atoms with Crippen LogP contribution >= 0.6 is 11.6 Å². The van der Waals surface area contributed by atoms with Crippen molar-refractivity contribution >= 4 is 17.5 Å². The minimum Gasteiger partial charge on any atom is -0.474 e. The van der Waals surface area contributed by atoms with Gasteiger partial charge in [-0.1, -0.05) is 22.8 Å². The topological polar surface area (TPSA) is 30.8 Å². The maximum absolute atomic E-state index is 5.92. The van der Waals surface area contributed by atoms with Gasteiger partial charge in [0.2, 0.25) is 5.90 Å². The fraction of sp³-hybridized carbons (Fsp3) is 0.364. The van der Waals surface area contributed by atoms with Crippen LogP contribution in [0.15, 0.2) is 23.4 Å². The van der Waals surface area contributed by atoms with Crippen molar-refractivity contribution in [1.82, 2.24) is 0 Å². The summed E-state index contributed by atoms with van der Waals surface area (Å²) in [5, 5.41) is 4.36. The second-order valence-electron chi connectivity index (χ2n) is 3.22. The Morgan fingerprint density at radius 2 is 2.13 bits per heavy atom. The van der Waals surface area contributed by atoms with Gasteiger partial charge in [0.15, 0.2) is 0 Å². The molecule has 0 saturated heterocycles. The van der Waals surface area contributed by atoms with E-state index in [-0.39, 0.29) is 0 Å². The summed E-state index contributed by atoms with van der Waals surface area (Å²) >= 11 is 5.92. The van der Waals surface area contributed by atoms with Gasteiger partial charge in [0.05, 0.1) is 0 Å². The van der Waals surface area contributed by atoms with Crippen LogP contribution in [0.2, 0.25) is 5.02 Å². The highest BCUT2D eigenvalue weighted by atomic mass is 35.5. The molecule has 4 heteroatoms. The number of benzene rings is 1. The number of hydrogen-bond donors (Lipinski definition) is 0. The fourth-order valence-electron chi connectivity index (χ4n) is 1.24. The normalized spacial score (nSPS) is 11.3. The maximum atomic E-state index is 5.92. The molecular formula is C11H14ClNO2. The number of oxime groups is 1. The van der Waals surface area contributed by atoms with Crippen molar-refractivity contribution < 1.29 is 9.57 Å². The molecular weight excluding hydrogens is 214 g/mol. The number of hydrogen-bond acceptors (Lipinski definition) is 3. The van der Waals surface area contributed by atoms with Crippen LogP contribution in [0.4, 0.5) is 0 Å². The number of nitrogens with zero attached hydrogens (tertiary/aromatic N) is 1. The van der Waals surface area contributed by atoms with Gasteiger partial charge in [0.1, 0.15) is 13.7 Å². The highest BCUT2D eigenvalue weighted by Gasteiger charge is 1.99. The van der Waals surface area contributed by atoms with E-state index in [2.05, 4.69) is 9.99 Å². The molecule has 1 aromatic rings. The van der Waals surface area contributed by atoms with E-state index in [1.54, 1.807) is 6.92 Å². The van der Waals surface area contributed by atoms with Crippen LogP contribution in [-0.4, -0.2) is 13.0 Å². The van der Waals surface area contributed by atoms with E-state index in [0.29, 0.717) is 12.5 Å². The Morgan fingerprint density at radius 3 is 2.73 bits per heavy atom. The molecule has 0 aliphatic rings. The van der Waals surface area contributed by atoms with Gasteiger partial charge < -0.3 is 9.57 Å². The molecule has 0 N–H and O–H groups in total. The Morgan fingerprint density at radius 1 is 1.40 bits per heavy atom. The number of halogens is 1. The zero-order valence-corrected chi connectivity index (χ0v) is 9.84. The Kier molecular flexibility index (Phi) is 4.43. The van der Waals surface area contributed by atoms with Gasteiger partial charge in [-0.05, 0) is 30.2 Å². The lowest BCUT2D eigenvalue weighted by atomic mass is 10.1. The molecule has 0 fully saturated rings. The third kappa shape index (κ3) is 4.21. The van der Waals surface area contributed by atoms with Crippen LogP contribution < -0.4 is 0 Å². The van der Waals surface area contributed by atoms with Crippen molar-refractivity contribution in [2.75, 3.05) is 7.11 Å². The van der Waals surface area contributed by atoms with E-state index < -0.39 is 0 Å². The van der Waals surface area contributed by atoms with Crippen LogP contribution in [0.1, 0.15) is 18.1 Å². The highest BCUT2D eigenvalue weighted by molar-refractivity contribution is 6.30. The van der Waals surface area contributed by atoms with Crippen LogP contribution in [0.5, 0.6) is 0 Å². The van der Waals surface area contributed by atoms with Gasteiger partial charge in [-0.25, -0.2) is 0 Å². The summed E-state index contributed by atoms with van der Waals surface area (Å²) < 4.78 is 5.34. The Labute approximate surface area is 94.6 Å². The molecule has 0 amide bonds. The minimum atomic E-state index is 0.445. The summed E-state index contributed by atoms with van der Waals surface area (Å²) in [6.45, 7) is 4.17. The fourth-order valence-corrected chi connectivity index (χ4v) is 1.55. The molecule has 0 saturated carbocycles. The van der Waals surface area contributed by atoms with Crippen LogP contribution in [0, 0.1) is 6.92 Å². The van der Waals surface area contributed by atoms with Crippen LogP contribution in [0.25, 0.3) is 0 Å². The molecule has 0 atom stereocenters. The highest BCUT2D eigenvalue weighted by Crippen LogP contribution is 2.15. The molecule has 0 spiro atoms. The van der Waals surface area contributed by atoms with Gasteiger partial charge >= 0.3 is 0 Å². The maximum Gasteiger partial charge on any atom is 0.222 e. The van der Waals surface area contributed by atoms with E-state index in [9.17, 15) is 0 Å². The minimum absolute atomic E-state index is 0.445. The number of aryl methyl sites for hydroxylation is 1. The van der Waals surface area contributed by atoms with Gasteiger partial charge in [-0.3, -0.25) is 0 Å². The molecule has 0 radical (unpaired) electrons. The second-order valence-corrected chi connectivity index (χ2v) is 3.65. The molecule has 0 aliphatic heterocycles. The third-order valence-electron chi connectivity index (χ3n) is 1.77. The largest absolute Gasteiger partial charge is 0.474 e. The summed E-state index contributed by atoms with van der Waals surface area (Å²) in [6, 6.07) is 5.79. The van der Waals surface area contributed by atoms with E-state index in [0.717, 1.165) is 16.1 Å². The molecule has 0 aromatic heterocycles. The molecule has 0 bridgehead atoms. The van der Waals surface area contributed by atoms with Crippen molar-refractivity contribution in [3.05, 3.63) is 34.3 Å². The first kappa shape index (κ1) is 11.9. The molecule has 1 rings (SSSR count). The summed E-state index contributed by atoms with van der Waals surface area (Å²) in [5.74, 6) is 0.495. The molecule has 0 aliphatic carbocycles. The van der Waals surface area contributed by atoms with Gasteiger partial charge in [-0.15, -0.1) is 0 Å². The lowest BCUT2D eigenvalue weighted by Gasteiger charge is -2.06.